The SMILES string of the molecule is COc1cccc(CN2CCC(CCNC(=O)N3[C@H](C)CN(c4ncc(C#N)cn4)C[C@@H]3C)CC2)c1. The number of nitrogens with one attached hydrogen (secondary N) is 1. The van der Waals surface area contributed by atoms with Crippen LogP contribution in [-0.2, 0) is 6.54 Å². The first kappa shape index (κ1) is 25.7. The summed E-state index contributed by atoms with van der Waals surface area (Å²) >= 11 is 0. The van der Waals surface area contributed by atoms with Crippen LogP contribution < -0.4 is 15.0 Å². The molecule has 2 amide bonds. The van der Waals surface area contributed by atoms with Gasteiger partial charge in [0.1, 0.15) is 11.8 Å². The Morgan fingerprint density at radius 1 is 1.17 bits per heavy atom. The van der Waals surface area contributed by atoms with Gasteiger partial charge in [-0.15, -0.1) is 0 Å². The highest BCUT2D eigenvalue weighted by molar-refractivity contribution is 5.75. The van der Waals surface area contributed by atoms with Crippen molar-refractivity contribution in [3.63, 3.8) is 0 Å². The normalized spacial score (nSPS) is 21.2. The van der Waals surface area contributed by atoms with Crippen molar-refractivity contribution in [1.82, 2.24) is 25.1 Å². The fraction of sp³-hybridized carbons (Fsp3) is 0.556. The molecule has 2 saturated heterocycles. The van der Waals surface area contributed by atoms with Crippen molar-refractivity contribution in [3.8, 4) is 11.8 Å². The van der Waals surface area contributed by atoms with Crippen LogP contribution >= 0.6 is 0 Å². The van der Waals surface area contributed by atoms with Gasteiger partial charge < -0.3 is 19.9 Å². The van der Waals surface area contributed by atoms with Crippen LogP contribution in [0, 0.1) is 17.2 Å². The van der Waals surface area contributed by atoms with Gasteiger partial charge in [0.2, 0.25) is 5.95 Å². The second-order valence-electron chi connectivity index (χ2n) is 9.99. The summed E-state index contributed by atoms with van der Waals surface area (Å²) in [4.78, 5) is 28.2. The molecular formula is C27H37N7O2. The summed E-state index contributed by atoms with van der Waals surface area (Å²) in [6.45, 7) is 9.28. The van der Waals surface area contributed by atoms with E-state index in [0.717, 1.165) is 44.6 Å². The van der Waals surface area contributed by atoms with Crippen LogP contribution in [0.1, 0.15) is 44.2 Å². The Kier molecular flexibility index (Phi) is 8.60. The molecule has 0 bridgehead atoms. The minimum absolute atomic E-state index is 0.00542. The highest BCUT2D eigenvalue weighted by Crippen LogP contribution is 2.23. The van der Waals surface area contributed by atoms with E-state index in [1.807, 2.05) is 23.1 Å². The fourth-order valence-corrected chi connectivity index (χ4v) is 5.37. The monoisotopic (exact) mass is 491 g/mol. The van der Waals surface area contributed by atoms with E-state index in [2.05, 4.69) is 51.1 Å². The molecule has 2 fully saturated rings. The molecular weight excluding hydrogens is 454 g/mol. The van der Waals surface area contributed by atoms with E-state index in [-0.39, 0.29) is 18.1 Å². The molecule has 0 saturated carbocycles. The average molecular weight is 492 g/mol. The molecule has 0 radical (unpaired) electrons. The number of anilines is 1. The number of nitrogens with zero attached hydrogens (tertiary/aromatic N) is 6. The molecule has 192 valence electrons. The lowest BCUT2D eigenvalue weighted by Crippen LogP contribution is -2.61. The average Bonchev–Trinajstić information content (AvgIpc) is 2.89. The number of ether oxygens (including phenoxy) is 1. The predicted molar refractivity (Wildman–Crippen MR) is 139 cm³/mol. The van der Waals surface area contributed by atoms with Gasteiger partial charge >= 0.3 is 6.03 Å². The van der Waals surface area contributed by atoms with Crippen LogP contribution in [0.25, 0.3) is 0 Å². The number of likely N-dealkylation sites (tertiary alicyclic amines) is 1. The Balaban J connectivity index is 1.18. The summed E-state index contributed by atoms with van der Waals surface area (Å²) in [7, 11) is 1.71. The van der Waals surface area contributed by atoms with E-state index in [1.165, 1.54) is 5.56 Å². The molecule has 4 rings (SSSR count). The lowest BCUT2D eigenvalue weighted by atomic mass is 9.93. The zero-order chi connectivity index (χ0) is 25.5. The van der Waals surface area contributed by atoms with Gasteiger partial charge in [-0.05, 0) is 69.8 Å². The molecule has 2 atom stereocenters. The predicted octanol–water partition coefficient (Wildman–Crippen LogP) is 3.27. The summed E-state index contributed by atoms with van der Waals surface area (Å²) in [5, 5.41) is 12.1. The van der Waals surface area contributed by atoms with Gasteiger partial charge in [0.05, 0.1) is 25.1 Å². The smallest absolute Gasteiger partial charge is 0.318 e. The number of methoxy groups -OCH3 is 1. The van der Waals surface area contributed by atoms with Gasteiger partial charge in [-0.25, -0.2) is 14.8 Å². The van der Waals surface area contributed by atoms with Crippen LogP contribution in [0.5, 0.6) is 5.75 Å². The standard InChI is InChI=1S/C27H37N7O2/c1-20-17-33(26-30-15-24(14-28)16-31-26)18-21(2)34(20)27(35)29-10-7-22-8-11-32(12-9-22)19-23-5-4-6-25(13-23)36-3/h4-6,13,15-16,20-22H,7-12,17-19H2,1-3H3,(H,29,35)/t20-,21+. The molecule has 0 unspecified atom stereocenters. The maximum Gasteiger partial charge on any atom is 0.318 e. The Morgan fingerprint density at radius 3 is 2.50 bits per heavy atom. The number of aromatic nitrogens is 2. The van der Waals surface area contributed by atoms with Gasteiger partial charge in [0.15, 0.2) is 0 Å². The maximum atomic E-state index is 13.0. The van der Waals surface area contributed by atoms with Crippen molar-refractivity contribution in [2.45, 2.75) is 51.7 Å². The number of benzene rings is 1. The summed E-state index contributed by atoms with van der Waals surface area (Å²) in [6.07, 6.45) is 6.42. The zero-order valence-electron chi connectivity index (χ0n) is 21.6. The number of nitriles is 1. The minimum atomic E-state index is 0.00542. The minimum Gasteiger partial charge on any atom is -0.497 e. The second-order valence-corrected chi connectivity index (χ2v) is 9.99. The van der Waals surface area contributed by atoms with Crippen LogP contribution in [0.4, 0.5) is 10.7 Å². The van der Waals surface area contributed by atoms with Crippen molar-refractivity contribution in [3.05, 3.63) is 47.8 Å². The molecule has 0 spiro atoms. The van der Waals surface area contributed by atoms with E-state index in [9.17, 15) is 4.79 Å². The summed E-state index contributed by atoms with van der Waals surface area (Å²) in [6, 6.07) is 10.4. The molecule has 3 heterocycles. The van der Waals surface area contributed by atoms with Crippen molar-refractivity contribution in [2.24, 2.45) is 5.92 Å². The maximum absolute atomic E-state index is 13.0. The van der Waals surface area contributed by atoms with E-state index in [4.69, 9.17) is 10.00 Å². The third kappa shape index (κ3) is 6.43. The van der Waals surface area contributed by atoms with Gasteiger partial charge in [0, 0.05) is 38.3 Å². The number of hydrogen-bond donors (Lipinski definition) is 1. The highest BCUT2D eigenvalue weighted by atomic mass is 16.5. The number of hydrogen-bond acceptors (Lipinski definition) is 7. The van der Waals surface area contributed by atoms with E-state index >= 15 is 0 Å². The lowest BCUT2D eigenvalue weighted by molar-refractivity contribution is 0.139. The highest BCUT2D eigenvalue weighted by Gasteiger charge is 2.34. The number of piperidine rings is 1. The van der Waals surface area contributed by atoms with E-state index in [0.29, 0.717) is 37.1 Å². The molecule has 2 aliphatic heterocycles. The van der Waals surface area contributed by atoms with Crippen molar-refractivity contribution >= 4 is 12.0 Å². The number of amides is 2. The summed E-state index contributed by atoms with van der Waals surface area (Å²) in [5.74, 6) is 2.16. The topological polar surface area (TPSA) is 97.6 Å². The summed E-state index contributed by atoms with van der Waals surface area (Å²) < 4.78 is 5.34. The molecule has 9 heteroatoms. The van der Waals surface area contributed by atoms with Crippen molar-refractivity contribution in [1.29, 1.82) is 5.26 Å². The first-order valence-electron chi connectivity index (χ1n) is 12.9. The molecule has 2 aliphatic rings. The Bertz CT molecular complexity index is 1030. The number of rotatable bonds is 7. The third-order valence-electron chi connectivity index (χ3n) is 7.28. The Morgan fingerprint density at radius 2 is 1.86 bits per heavy atom. The van der Waals surface area contributed by atoms with Crippen LogP contribution in [0.15, 0.2) is 36.7 Å². The number of piperazine rings is 1. The molecule has 1 N–H and O–H groups in total. The summed E-state index contributed by atoms with van der Waals surface area (Å²) in [5.41, 5.74) is 1.73. The van der Waals surface area contributed by atoms with Gasteiger partial charge in [-0.3, -0.25) is 4.90 Å². The van der Waals surface area contributed by atoms with Crippen molar-refractivity contribution in [2.75, 3.05) is 44.7 Å². The molecule has 36 heavy (non-hydrogen) atoms. The van der Waals surface area contributed by atoms with Crippen LogP contribution in [0.2, 0.25) is 0 Å². The fourth-order valence-electron chi connectivity index (χ4n) is 5.37. The van der Waals surface area contributed by atoms with Crippen LogP contribution in [0.3, 0.4) is 0 Å². The quantitative estimate of drug-likeness (QED) is 0.635. The zero-order valence-corrected chi connectivity index (χ0v) is 21.6. The first-order valence-corrected chi connectivity index (χ1v) is 12.9. The van der Waals surface area contributed by atoms with Gasteiger partial charge in [-0.2, -0.15) is 5.26 Å². The van der Waals surface area contributed by atoms with Gasteiger partial charge in [-0.1, -0.05) is 12.1 Å². The first-order chi connectivity index (χ1) is 17.5. The number of carbonyl (C=O) groups is 1. The molecule has 9 nitrogen and oxygen atoms in total. The Hall–Kier alpha value is -3.38. The molecule has 1 aromatic carbocycles. The molecule has 1 aromatic heterocycles. The molecule has 2 aromatic rings. The molecule has 0 aliphatic carbocycles. The van der Waals surface area contributed by atoms with E-state index < -0.39 is 0 Å². The third-order valence-corrected chi connectivity index (χ3v) is 7.28. The van der Waals surface area contributed by atoms with Crippen molar-refractivity contribution < 1.29 is 9.53 Å². The second kappa shape index (κ2) is 12.0. The number of urea groups is 1. The van der Waals surface area contributed by atoms with E-state index in [1.54, 1.807) is 19.5 Å². The Labute approximate surface area is 214 Å². The largest absolute Gasteiger partial charge is 0.497 e. The van der Waals surface area contributed by atoms with Gasteiger partial charge in [0.25, 0.3) is 0 Å². The lowest BCUT2D eigenvalue weighted by Gasteiger charge is -2.44. The van der Waals surface area contributed by atoms with Crippen LogP contribution in [-0.4, -0.2) is 77.7 Å². The number of carbonyl (C=O) groups excluding carboxylic acids is 1.